The molecule has 1 saturated carbocycles. The first-order chi connectivity index (χ1) is 13.1. The molecular weight excluding hydrogens is 342 g/mol. The maximum Gasteiger partial charge on any atom is 0.251 e. The zero-order valence-electron chi connectivity index (χ0n) is 15.2. The van der Waals surface area contributed by atoms with E-state index in [9.17, 15) is 9.59 Å². The lowest BCUT2D eigenvalue weighted by molar-refractivity contribution is -0.114. The fraction of sp³-hybridized carbons (Fsp3) is 0.333. The lowest BCUT2D eigenvalue weighted by Gasteiger charge is -2.23. The van der Waals surface area contributed by atoms with Gasteiger partial charge in [0.15, 0.2) is 0 Å². The third-order valence-electron chi connectivity index (χ3n) is 5.21. The van der Waals surface area contributed by atoms with Crippen LogP contribution in [0.2, 0.25) is 0 Å². The molecule has 2 aliphatic rings. The molecule has 6 nitrogen and oxygen atoms in total. The van der Waals surface area contributed by atoms with Gasteiger partial charge in [-0.05, 0) is 67.3 Å². The van der Waals surface area contributed by atoms with E-state index in [-0.39, 0.29) is 17.9 Å². The summed E-state index contributed by atoms with van der Waals surface area (Å²) < 4.78 is 5.79. The van der Waals surface area contributed by atoms with Gasteiger partial charge in [0, 0.05) is 36.8 Å². The van der Waals surface area contributed by atoms with Gasteiger partial charge in [-0.2, -0.15) is 0 Å². The lowest BCUT2D eigenvalue weighted by Crippen LogP contribution is -2.44. The summed E-state index contributed by atoms with van der Waals surface area (Å²) in [4.78, 5) is 23.5. The Labute approximate surface area is 158 Å². The number of carbonyl (C=O) groups excluding carboxylic acids is 2. The van der Waals surface area contributed by atoms with Crippen molar-refractivity contribution >= 4 is 17.5 Å². The molecule has 3 unspecified atom stereocenters. The molecule has 0 aromatic heterocycles. The topological polar surface area (TPSA) is 79.5 Å². The highest BCUT2D eigenvalue weighted by molar-refractivity contribution is 5.94. The summed E-state index contributed by atoms with van der Waals surface area (Å²) in [5.74, 6) is 1.73. The molecule has 1 heterocycles. The van der Waals surface area contributed by atoms with Gasteiger partial charge in [0.1, 0.15) is 11.5 Å². The van der Waals surface area contributed by atoms with Crippen molar-refractivity contribution in [1.29, 1.82) is 0 Å². The van der Waals surface area contributed by atoms with E-state index in [1.807, 2.05) is 0 Å². The van der Waals surface area contributed by atoms with E-state index in [4.69, 9.17) is 4.74 Å². The van der Waals surface area contributed by atoms with Gasteiger partial charge in [0.2, 0.25) is 5.91 Å². The van der Waals surface area contributed by atoms with Crippen molar-refractivity contribution in [1.82, 2.24) is 10.6 Å². The molecule has 4 rings (SSSR count). The van der Waals surface area contributed by atoms with Crippen LogP contribution in [-0.4, -0.2) is 30.4 Å². The van der Waals surface area contributed by atoms with Gasteiger partial charge in [-0.1, -0.05) is 0 Å². The highest BCUT2D eigenvalue weighted by Crippen LogP contribution is 2.31. The summed E-state index contributed by atoms with van der Waals surface area (Å²) in [6.45, 7) is 2.47. The molecule has 1 saturated heterocycles. The number of amides is 2. The third kappa shape index (κ3) is 4.11. The van der Waals surface area contributed by atoms with Crippen LogP contribution in [0, 0.1) is 5.92 Å². The van der Waals surface area contributed by atoms with Crippen LogP contribution in [0.15, 0.2) is 48.5 Å². The second-order valence-electron chi connectivity index (χ2n) is 7.25. The molecule has 2 fully saturated rings. The number of ether oxygens (including phenoxy) is 1. The van der Waals surface area contributed by atoms with Crippen LogP contribution in [0.4, 0.5) is 5.69 Å². The van der Waals surface area contributed by atoms with E-state index in [2.05, 4.69) is 16.0 Å². The Morgan fingerprint density at radius 3 is 2.22 bits per heavy atom. The Kier molecular flexibility index (Phi) is 4.81. The molecule has 140 valence electrons. The number of fused-ring (bicyclic) bond motifs is 2. The Bertz CT molecular complexity index is 833. The summed E-state index contributed by atoms with van der Waals surface area (Å²) in [7, 11) is 0. The maximum atomic E-state index is 12.5. The van der Waals surface area contributed by atoms with Crippen LogP contribution in [0.5, 0.6) is 11.5 Å². The van der Waals surface area contributed by atoms with Crippen molar-refractivity contribution in [3.8, 4) is 11.5 Å². The van der Waals surface area contributed by atoms with Crippen LogP contribution in [0.3, 0.4) is 0 Å². The van der Waals surface area contributed by atoms with Crippen molar-refractivity contribution in [3.05, 3.63) is 54.1 Å². The zero-order valence-corrected chi connectivity index (χ0v) is 15.2. The van der Waals surface area contributed by atoms with Crippen LogP contribution in [0.25, 0.3) is 0 Å². The molecule has 1 aliphatic carbocycles. The van der Waals surface area contributed by atoms with E-state index in [1.165, 1.54) is 13.3 Å². The monoisotopic (exact) mass is 365 g/mol. The number of hydrogen-bond acceptors (Lipinski definition) is 4. The number of nitrogens with one attached hydrogen (secondary N) is 3. The third-order valence-corrected chi connectivity index (χ3v) is 5.21. The minimum Gasteiger partial charge on any atom is -0.457 e. The predicted molar refractivity (Wildman–Crippen MR) is 103 cm³/mol. The minimum absolute atomic E-state index is 0.0289. The van der Waals surface area contributed by atoms with E-state index < -0.39 is 0 Å². The van der Waals surface area contributed by atoms with Gasteiger partial charge in [-0.15, -0.1) is 0 Å². The van der Waals surface area contributed by atoms with Crippen molar-refractivity contribution in [2.75, 3.05) is 11.9 Å². The molecule has 2 bridgehead atoms. The van der Waals surface area contributed by atoms with Crippen molar-refractivity contribution in [2.24, 2.45) is 5.92 Å². The average molecular weight is 365 g/mol. The molecule has 6 heteroatoms. The molecule has 0 spiro atoms. The fourth-order valence-electron chi connectivity index (χ4n) is 3.88. The average Bonchev–Trinajstić information content (AvgIpc) is 3.26. The van der Waals surface area contributed by atoms with Gasteiger partial charge >= 0.3 is 0 Å². The molecule has 3 atom stereocenters. The highest BCUT2D eigenvalue weighted by Gasteiger charge is 2.40. The van der Waals surface area contributed by atoms with Crippen molar-refractivity contribution in [2.45, 2.75) is 31.8 Å². The smallest absolute Gasteiger partial charge is 0.251 e. The standard InChI is InChI=1S/C21H23N3O3/c1-13(25)23-16-4-8-19(9-5-16)27-18-6-2-14(3-7-18)21(26)24-20-11-17-10-15(20)12-22-17/h2-9,15,17,20,22H,10-12H2,1H3,(H,23,25)(H,24,26). The SMILES string of the molecule is CC(=O)Nc1ccc(Oc2ccc(C(=O)NC3CC4CC3CN4)cc2)cc1. The van der Waals surface area contributed by atoms with E-state index in [0.717, 1.165) is 18.7 Å². The van der Waals surface area contributed by atoms with Crippen LogP contribution >= 0.6 is 0 Å². The maximum absolute atomic E-state index is 12.5. The van der Waals surface area contributed by atoms with Crippen molar-refractivity contribution in [3.63, 3.8) is 0 Å². The molecular formula is C21H23N3O3. The summed E-state index contributed by atoms with van der Waals surface area (Å²) in [5.41, 5.74) is 1.36. The summed E-state index contributed by atoms with van der Waals surface area (Å²) >= 11 is 0. The zero-order chi connectivity index (χ0) is 18.8. The normalized spacial score (nSPS) is 23.1. The Hall–Kier alpha value is -2.86. The van der Waals surface area contributed by atoms with Gasteiger partial charge in [0.25, 0.3) is 5.91 Å². The number of carbonyl (C=O) groups is 2. The molecule has 0 radical (unpaired) electrons. The molecule has 2 aromatic carbocycles. The number of benzene rings is 2. The highest BCUT2D eigenvalue weighted by atomic mass is 16.5. The molecule has 3 N–H and O–H groups in total. The Morgan fingerprint density at radius 2 is 1.67 bits per heavy atom. The van der Waals surface area contributed by atoms with Crippen LogP contribution in [-0.2, 0) is 4.79 Å². The number of rotatable bonds is 5. The van der Waals surface area contributed by atoms with E-state index in [0.29, 0.717) is 29.0 Å². The Morgan fingerprint density at radius 1 is 1.00 bits per heavy atom. The number of hydrogen-bond donors (Lipinski definition) is 3. The second kappa shape index (κ2) is 7.40. The van der Waals surface area contributed by atoms with Gasteiger partial charge < -0.3 is 20.7 Å². The van der Waals surface area contributed by atoms with Crippen LogP contribution in [0.1, 0.15) is 30.1 Å². The van der Waals surface area contributed by atoms with Crippen molar-refractivity contribution < 1.29 is 14.3 Å². The van der Waals surface area contributed by atoms with E-state index >= 15 is 0 Å². The first kappa shape index (κ1) is 17.5. The molecule has 1 aliphatic heterocycles. The molecule has 2 aromatic rings. The quantitative estimate of drug-likeness (QED) is 0.761. The van der Waals surface area contributed by atoms with Gasteiger partial charge in [-0.25, -0.2) is 0 Å². The summed E-state index contributed by atoms with van der Waals surface area (Å²) in [5, 5.41) is 9.33. The first-order valence-corrected chi connectivity index (χ1v) is 9.26. The molecule has 27 heavy (non-hydrogen) atoms. The minimum atomic E-state index is -0.112. The van der Waals surface area contributed by atoms with Gasteiger partial charge in [-0.3, -0.25) is 9.59 Å². The predicted octanol–water partition coefficient (Wildman–Crippen LogP) is 2.92. The van der Waals surface area contributed by atoms with E-state index in [1.54, 1.807) is 48.5 Å². The Balaban J connectivity index is 1.34. The first-order valence-electron chi connectivity index (χ1n) is 9.26. The summed E-state index contributed by atoms with van der Waals surface area (Å²) in [6.07, 6.45) is 2.19. The molecule has 2 amide bonds. The van der Waals surface area contributed by atoms with Gasteiger partial charge in [0.05, 0.1) is 0 Å². The second-order valence-corrected chi connectivity index (χ2v) is 7.25. The summed E-state index contributed by atoms with van der Waals surface area (Å²) in [6, 6.07) is 15.1. The fourth-order valence-corrected chi connectivity index (χ4v) is 3.88. The number of piperidine rings is 1. The largest absolute Gasteiger partial charge is 0.457 e. The number of anilines is 1. The van der Waals surface area contributed by atoms with Crippen LogP contribution < -0.4 is 20.7 Å². The lowest BCUT2D eigenvalue weighted by atomic mass is 10.0.